The molecule has 2 heteroatoms. The maximum atomic E-state index is 3.00. The summed E-state index contributed by atoms with van der Waals surface area (Å²) < 4.78 is 3.00. The average Bonchev–Trinajstić information content (AvgIpc) is 1.91. The zero-order valence-corrected chi connectivity index (χ0v) is 6.11. The molecule has 0 atom stereocenters. The van der Waals surface area contributed by atoms with Crippen LogP contribution in [0.15, 0.2) is 35.2 Å². The maximum Gasteiger partial charge on any atom is 0.0227 e. The molecule has 0 aromatic heterocycles. The van der Waals surface area contributed by atoms with Gasteiger partial charge in [0.1, 0.15) is 0 Å². The standard InChI is InChI=1S/C7H9NS/c1-8-9-7-5-3-2-4-6-7/h2-6,8H,1H3. The van der Waals surface area contributed by atoms with Crippen molar-refractivity contribution in [2.24, 2.45) is 0 Å². The van der Waals surface area contributed by atoms with E-state index in [0.717, 1.165) is 0 Å². The zero-order chi connectivity index (χ0) is 6.53. The van der Waals surface area contributed by atoms with E-state index in [1.165, 1.54) is 4.90 Å². The van der Waals surface area contributed by atoms with E-state index in [4.69, 9.17) is 0 Å². The van der Waals surface area contributed by atoms with E-state index in [0.29, 0.717) is 0 Å². The van der Waals surface area contributed by atoms with E-state index < -0.39 is 0 Å². The minimum absolute atomic E-state index is 1.25. The molecule has 0 aliphatic heterocycles. The van der Waals surface area contributed by atoms with E-state index in [9.17, 15) is 0 Å². The molecular weight excluding hydrogens is 130 g/mol. The second-order valence-electron chi connectivity index (χ2n) is 1.62. The lowest BCUT2D eigenvalue weighted by Crippen LogP contribution is -1.89. The maximum absolute atomic E-state index is 3.00. The van der Waals surface area contributed by atoms with Crippen molar-refractivity contribution >= 4 is 11.9 Å². The van der Waals surface area contributed by atoms with Gasteiger partial charge in [-0.2, -0.15) is 0 Å². The van der Waals surface area contributed by atoms with E-state index in [1.54, 1.807) is 11.9 Å². The van der Waals surface area contributed by atoms with Crippen molar-refractivity contribution in [2.45, 2.75) is 4.90 Å². The largest absolute Gasteiger partial charge is 0.263 e. The number of nitrogens with one attached hydrogen (secondary N) is 1. The van der Waals surface area contributed by atoms with Crippen LogP contribution in [0.5, 0.6) is 0 Å². The Morgan fingerprint density at radius 2 is 1.89 bits per heavy atom. The van der Waals surface area contributed by atoms with Crippen LogP contribution < -0.4 is 4.72 Å². The lowest BCUT2D eigenvalue weighted by atomic mass is 10.4. The van der Waals surface area contributed by atoms with Crippen LogP contribution in [0.2, 0.25) is 0 Å². The first-order valence-corrected chi connectivity index (χ1v) is 3.64. The molecule has 0 aliphatic rings. The highest BCUT2D eigenvalue weighted by Crippen LogP contribution is 2.11. The molecule has 1 aromatic rings. The van der Waals surface area contributed by atoms with Gasteiger partial charge in [-0.25, -0.2) is 0 Å². The quantitative estimate of drug-likeness (QED) is 0.628. The van der Waals surface area contributed by atoms with E-state index in [1.807, 2.05) is 25.2 Å². The molecule has 0 amide bonds. The Balaban J connectivity index is 2.61. The van der Waals surface area contributed by atoms with Crippen LogP contribution in [0.25, 0.3) is 0 Å². The molecule has 48 valence electrons. The highest BCUT2D eigenvalue weighted by Gasteiger charge is 1.84. The van der Waals surface area contributed by atoms with Gasteiger partial charge in [0.05, 0.1) is 0 Å². The molecule has 1 aromatic carbocycles. The third-order valence-corrected chi connectivity index (χ3v) is 1.68. The fourth-order valence-electron chi connectivity index (χ4n) is 0.606. The Labute approximate surface area is 59.6 Å². The molecule has 1 rings (SSSR count). The average molecular weight is 139 g/mol. The Bertz CT molecular complexity index is 162. The summed E-state index contributed by atoms with van der Waals surface area (Å²) >= 11 is 1.63. The van der Waals surface area contributed by atoms with Crippen LogP contribution in [-0.2, 0) is 0 Å². The molecule has 1 N–H and O–H groups in total. The SMILES string of the molecule is CNSc1ccccc1. The Hall–Kier alpha value is -0.470. The molecule has 0 heterocycles. The van der Waals surface area contributed by atoms with Crippen molar-refractivity contribution in [3.8, 4) is 0 Å². The second-order valence-corrected chi connectivity index (χ2v) is 2.70. The van der Waals surface area contributed by atoms with Gasteiger partial charge in [0.2, 0.25) is 0 Å². The topological polar surface area (TPSA) is 12.0 Å². The monoisotopic (exact) mass is 139 g/mol. The van der Waals surface area contributed by atoms with Crippen molar-refractivity contribution in [3.05, 3.63) is 30.3 Å². The van der Waals surface area contributed by atoms with Crippen molar-refractivity contribution in [1.82, 2.24) is 4.72 Å². The molecule has 9 heavy (non-hydrogen) atoms. The minimum atomic E-state index is 1.25. The highest BCUT2D eigenvalue weighted by molar-refractivity contribution is 7.97. The number of hydrogen-bond acceptors (Lipinski definition) is 2. The van der Waals surface area contributed by atoms with Crippen molar-refractivity contribution in [2.75, 3.05) is 7.05 Å². The summed E-state index contributed by atoms with van der Waals surface area (Å²) in [7, 11) is 1.91. The smallest absolute Gasteiger partial charge is 0.0227 e. The first kappa shape index (κ1) is 6.65. The van der Waals surface area contributed by atoms with Gasteiger partial charge in [-0.1, -0.05) is 18.2 Å². The molecule has 0 aliphatic carbocycles. The summed E-state index contributed by atoms with van der Waals surface area (Å²) in [5.41, 5.74) is 0. The lowest BCUT2D eigenvalue weighted by Gasteiger charge is -1.94. The van der Waals surface area contributed by atoms with Gasteiger partial charge in [0.15, 0.2) is 0 Å². The van der Waals surface area contributed by atoms with Gasteiger partial charge >= 0.3 is 0 Å². The highest BCUT2D eigenvalue weighted by atomic mass is 32.2. The predicted molar refractivity (Wildman–Crippen MR) is 41.4 cm³/mol. The third-order valence-electron chi connectivity index (χ3n) is 0.963. The first-order chi connectivity index (χ1) is 4.43. The Kier molecular flexibility index (Phi) is 2.61. The summed E-state index contributed by atoms with van der Waals surface area (Å²) in [4.78, 5) is 1.25. The van der Waals surface area contributed by atoms with Crippen LogP contribution in [0.4, 0.5) is 0 Å². The lowest BCUT2D eigenvalue weighted by molar-refractivity contribution is 1.28. The number of rotatable bonds is 2. The van der Waals surface area contributed by atoms with E-state index >= 15 is 0 Å². The summed E-state index contributed by atoms with van der Waals surface area (Å²) in [5.74, 6) is 0. The molecule has 0 saturated heterocycles. The van der Waals surface area contributed by atoms with Gasteiger partial charge in [0, 0.05) is 4.90 Å². The van der Waals surface area contributed by atoms with Gasteiger partial charge in [-0.3, -0.25) is 4.72 Å². The summed E-state index contributed by atoms with van der Waals surface area (Å²) in [6.07, 6.45) is 0. The molecule has 0 radical (unpaired) electrons. The summed E-state index contributed by atoms with van der Waals surface area (Å²) in [5, 5.41) is 0. The minimum Gasteiger partial charge on any atom is -0.263 e. The van der Waals surface area contributed by atoms with Crippen LogP contribution in [-0.4, -0.2) is 7.05 Å². The van der Waals surface area contributed by atoms with Crippen LogP contribution in [0.1, 0.15) is 0 Å². The predicted octanol–water partition coefficient (Wildman–Crippen LogP) is 1.91. The van der Waals surface area contributed by atoms with Crippen molar-refractivity contribution in [1.29, 1.82) is 0 Å². The van der Waals surface area contributed by atoms with E-state index in [-0.39, 0.29) is 0 Å². The van der Waals surface area contributed by atoms with Crippen molar-refractivity contribution in [3.63, 3.8) is 0 Å². The second kappa shape index (κ2) is 3.54. The van der Waals surface area contributed by atoms with Crippen LogP contribution >= 0.6 is 11.9 Å². The molecular formula is C7H9NS. The Morgan fingerprint density at radius 3 is 2.44 bits per heavy atom. The molecule has 0 bridgehead atoms. The van der Waals surface area contributed by atoms with Gasteiger partial charge in [0.25, 0.3) is 0 Å². The number of benzene rings is 1. The fourth-order valence-corrected chi connectivity index (χ4v) is 1.14. The van der Waals surface area contributed by atoms with Crippen LogP contribution in [0, 0.1) is 0 Å². The molecule has 0 saturated carbocycles. The van der Waals surface area contributed by atoms with Gasteiger partial charge in [-0.05, 0) is 31.1 Å². The molecule has 1 nitrogen and oxygen atoms in total. The van der Waals surface area contributed by atoms with E-state index in [2.05, 4.69) is 16.9 Å². The fraction of sp³-hybridized carbons (Fsp3) is 0.143. The molecule has 0 spiro atoms. The summed E-state index contributed by atoms with van der Waals surface area (Å²) in [6.45, 7) is 0. The summed E-state index contributed by atoms with van der Waals surface area (Å²) in [6, 6.07) is 10.2. The first-order valence-electron chi connectivity index (χ1n) is 2.82. The third kappa shape index (κ3) is 2.08. The molecule has 0 fully saturated rings. The van der Waals surface area contributed by atoms with Crippen molar-refractivity contribution < 1.29 is 0 Å². The number of hydrogen-bond donors (Lipinski definition) is 1. The Morgan fingerprint density at radius 1 is 1.22 bits per heavy atom. The van der Waals surface area contributed by atoms with Crippen LogP contribution in [0.3, 0.4) is 0 Å². The van der Waals surface area contributed by atoms with Gasteiger partial charge < -0.3 is 0 Å². The molecule has 0 unspecified atom stereocenters. The normalized spacial score (nSPS) is 9.44. The van der Waals surface area contributed by atoms with Gasteiger partial charge in [-0.15, -0.1) is 0 Å². The zero-order valence-electron chi connectivity index (χ0n) is 5.29.